The van der Waals surface area contributed by atoms with Crippen LogP contribution in [0.4, 0.5) is 0 Å². The zero-order valence-corrected chi connectivity index (χ0v) is 16.3. The maximum absolute atomic E-state index is 12.9. The fraction of sp³-hybridized carbons (Fsp3) is 0.722. The average Bonchev–Trinajstić information content (AvgIpc) is 3.08. The summed E-state index contributed by atoms with van der Waals surface area (Å²) in [5.41, 5.74) is 0. The highest BCUT2D eigenvalue weighted by Gasteiger charge is 2.31. The summed E-state index contributed by atoms with van der Waals surface area (Å²) in [7, 11) is -3.57. The van der Waals surface area contributed by atoms with Crippen LogP contribution < -0.4 is 5.32 Å². The van der Waals surface area contributed by atoms with Crippen LogP contribution >= 0.6 is 11.3 Å². The van der Waals surface area contributed by atoms with Crippen molar-refractivity contribution in [3.63, 3.8) is 0 Å². The molecule has 0 atom stereocenters. The molecule has 1 aliphatic carbocycles. The van der Waals surface area contributed by atoms with E-state index in [1.54, 1.807) is 11.4 Å². The Morgan fingerprint density at radius 3 is 2.28 bits per heavy atom. The van der Waals surface area contributed by atoms with Crippen LogP contribution in [-0.4, -0.2) is 37.8 Å². The minimum atomic E-state index is -3.57. The first kappa shape index (κ1) is 18.9. The lowest BCUT2D eigenvalue weighted by molar-refractivity contribution is 0.0931. The highest BCUT2D eigenvalue weighted by atomic mass is 32.2. The lowest BCUT2D eigenvalue weighted by Gasteiger charge is -2.26. The second-order valence-electron chi connectivity index (χ2n) is 7.09. The number of piperidine rings is 1. The van der Waals surface area contributed by atoms with Crippen molar-refractivity contribution in [1.29, 1.82) is 0 Å². The zero-order chi connectivity index (χ0) is 17.7. The van der Waals surface area contributed by atoms with Crippen molar-refractivity contribution in [2.75, 3.05) is 13.1 Å². The third-order valence-electron chi connectivity index (χ3n) is 5.21. The maximum atomic E-state index is 12.9. The molecule has 0 spiro atoms. The molecule has 1 aromatic rings. The van der Waals surface area contributed by atoms with Crippen molar-refractivity contribution >= 4 is 27.3 Å². The van der Waals surface area contributed by atoms with Gasteiger partial charge in [0.15, 0.2) is 0 Å². The number of hydrogen-bond acceptors (Lipinski definition) is 4. The third-order valence-corrected chi connectivity index (χ3v) is 8.19. The van der Waals surface area contributed by atoms with Gasteiger partial charge in [0.25, 0.3) is 5.91 Å². The molecule has 25 heavy (non-hydrogen) atoms. The number of amides is 1. The highest BCUT2D eigenvalue weighted by Crippen LogP contribution is 2.28. The van der Waals surface area contributed by atoms with Crippen LogP contribution in [0.1, 0.15) is 73.9 Å². The highest BCUT2D eigenvalue weighted by molar-refractivity contribution is 7.89. The Labute approximate surface area is 154 Å². The van der Waals surface area contributed by atoms with Gasteiger partial charge in [-0.3, -0.25) is 4.79 Å². The fourth-order valence-corrected chi connectivity index (χ4v) is 6.58. The molecule has 0 unspecified atom stereocenters. The van der Waals surface area contributed by atoms with E-state index in [0.29, 0.717) is 18.0 Å². The van der Waals surface area contributed by atoms with Crippen molar-refractivity contribution < 1.29 is 13.2 Å². The van der Waals surface area contributed by atoms with Gasteiger partial charge in [-0.2, -0.15) is 4.31 Å². The van der Waals surface area contributed by atoms with Gasteiger partial charge in [-0.05, 0) is 37.1 Å². The fourth-order valence-electron chi connectivity index (χ4n) is 3.76. The molecule has 1 saturated carbocycles. The van der Waals surface area contributed by atoms with Crippen LogP contribution in [-0.2, 0) is 10.0 Å². The lowest BCUT2D eigenvalue weighted by Crippen LogP contribution is -2.38. The van der Waals surface area contributed by atoms with Gasteiger partial charge in [-0.25, -0.2) is 8.42 Å². The zero-order valence-electron chi connectivity index (χ0n) is 14.7. The van der Waals surface area contributed by atoms with Gasteiger partial charge >= 0.3 is 0 Å². The summed E-state index contributed by atoms with van der Waals surface area (Å²) in [6.45, 7) is 1.11. The topological polar surface area (TPSA) is 66.5 Å². The first-order chi connectivity index (χ1) is 12.1. The molecule has 0 bridgehead atoms. The third kappa shape index (κ3) is 4.63. The van der Waals surface area contributed by atoms with E-state index in [9.17, 15) is 13.2 Å². The average molecular weight is 385 g/mol. The Balaban J connectivity index is 1.72. The van der Waals surface area contributed by atoms with E-state index in [1.807, 2.05) is 0 Å². The second-order valence-corrected chi connectivity index (χ2v) is 9.92. The largest absolute Gasteiger partial charge is 0.349 e. The molecule has 3 rings (SSSR count). The van der Waals surface area contributed by atoms with Crippen molar-refractivity contribution in [3.8, 4) is 0 Å². The summed E-state index contributed by atoms with van der Waals surface area (Å²) in [5, 5.41) is 4.81. The van der Waals surface area contributed by atoms with Gasteiger partial charge in [-0.1, -0.05) is 38.5 Å². The Bertz CT molecular complexity index is 670. The van der Waals surface area contributed by atoms with E-state index in [2.05, 4.69) is 5.32 Å². The van der Waals surface area contributed by atoms with Crippen LogP contribution in [0.15, 0.2) is 16.3 Å². The number of sulfonamides is 1. The SMILES string of the molecule is O=C(NC1CCCCCCC1)c1sccc1S(=O)(=O)N1CCCCC1. The van der Waals surface area contributed by atoms with E-state index < -0.39 is 10.0 Å². The molecule has 1 amide bonds. The minimum absolute atomic E-state index is 0.167. The van der Waals surface area contributed by atoms with Crippen molar-refractivity contribution in [1.82, 2.24) is 9.62 Å². The number of nitrogens with one attached hydrogen (secondary N) is 1. The first-order valence-corrected chi connectivity index (χ1v) is 11.8. The molecule has 1 aromatic heterocycles. The van der Waals surface area contributed by atoms with E-state index in [4.69, 9.17) is 0 Å². The van der Waals surface area contributed by atoms with Gasteiger partial charge in [0, 0.05) is 19.1 Å². The first-order valence-electron chi connectivity index (χ1n) is 9.47. The quantitative estimate of drug-likeness (QED) is 0.859. The molecule has 1 aliphatic heterocycles. The molecular formula is C18H28N2O3S2. The number of nitrogens with zero attached hydrogens (tertiary/aromatic N) is 1. The molecule has 2 fully saturated rings. The van der Waals surface area contributed by atoms with E-state index >= 15 is 0 Å². The molecule has 1 N–H and O–H groups in total. The Hall–Kier alpha value is -0.920. The molecule has 1 saturated heterocycles. The normalized spacial score (nSPS) is 21.4. The van der Waals surface area contributed by atoms with Gasteiger partial charge in [0.1, 0.15) is 9.77 Å². The predicted molar refractivity (Wildman–Crippen MR) is 101 cm³/mol. The molecule has 7 heteroatoms. The second kappa shape index (κ2) is 8.64. The molecule has 0 aromatic carbocycles. The molecule has 2 aliphatic rings. The summed E-state index contributed by atoms with van der Waals surface area (Å²) < 4.78 is 27.4. The number of carbonyl (C=O) groups excluding carboxylic acids is 1. The number of rotatable bonds is 4. The maximum Gasteiger partial charge on any atom is 0.262 e. The summed E-state index contributed by atoms with van der Waals surface area (Å²) >= 11 is 1.23. The number of hydrogen-bond donors (Lipinski definition) is 1. The molecule has 140 valence electrons. The van der Waals surface area contributed by atoms with E-state index in [1.165, 1.54) is 34.9 Å². The van der Waals surface area contributed by atoms with Gasteiger partial charge in [0.2, 0.25) is 10.0 Å². The number of carbonyl (C=O) groups is 1. The molecular weight excluding hydrogens is 356 g/mol. The van der Waals surface area contributed by atoms with Crippen LogP contribution in [0.2, 0.25) is 0 Å². The summed E-state index contributed by atoms with van der Waals surface area (Å²) in [4.78, 5) is 13.3. The van der Waals surface area contributed by atoms with Crippen molar-refractivity contribution in [3.05, 3.63) is 16.3 Å². The summed E-state index contributed by atoms with van der Waals surface area (Å²) in [5.74, 6) is -0.226. The van der Waals surface area contributed by atoms with E-state index in [0.717, 1.165) is 44.9 Å². The minimum Gasteiger partial charge on any atom is -0.349 e. The van der Waals surface area contributed by atoms with Crippen LogP contribution in [0.25, 0.3) is 0 Å². The monoisotopic (exact) mass is 384 g/mol. The van der Waals surface area contributed by atoms with Gasteiger partial charge < -0.3 is 5.32 Å². The molecule has 0 radical (unpaired) electrons. The predicted octanol–water partition coefficient (Wildman–Crippen LogP) is 3.77. The summed E-state index contributed by atoms with van der Waals surface area (Å²) in [6.07, 6.45) is 10.8. The Morgan fingerprint density at radius 2 is 1.60 bits per heavy atom. The lowest BCUT2D eigenvalue weighted by atomic mass is 9.97. The Morgan fingerprint density at radius 1 is 1.00 bits per heavy atom. The number of thiophene rings is 1. The standard InChI is InChI=1S/C18H28N2O3S2/c21-18(19-15-9-5-2-1-3-6-10-15)17-16(11-14-24-17)25(22,23)20-12-7-4-8-13-20/h11,14-15H,1-10,12-13H2,(H,19,21). The molecule has 5 nitrogen and oxygen atoms in total. The van der Waals surface area contributed by atoms with Crippen LogP contribution in [0.5, 0.6) is 0 Å². The van der Waals surface area contributed by atoms with Gasteiger partial charge in [0.05, 0.1) is 0 Å². The van der Waals surface area contributed by atoms with Crippen molar-refractivity contribution in [2.45, 2.75) is 75.1 Å². The van der Waals surface area contributed by atoms with Gasteiger partial charge in [-0.15, -0.1) is 11.3 Å². The van der Waals surface area contributed by atoms with Crippen LogP contribution in [0.3, 0.4) is 0 Å². The van der Waals surface area contributed by atoms with Crippen LogP contribution in [0, 0.1) is 0 Å². The van der Waals surface area contributed by atoms with E-state index in [-0.39, 0.29) is 16.8 Å². The summed E-state index contributed by atoms with van der Waals surface area (Å²) in [6, 6.07) is 1.75. The smallest absolute Gasteiger partial charge is 0.262 e. The Kier molecular flexibility index (Phi) is 6.52. The molecule has 2 heterocycles. The van der Waals surface area contributed by atoms with Crippen molar-refractivity contribution in [2.24, 2.45) is 0 Å².